The maximum absolute atomic E-state index is 12.1. The monoisotopic (exact) mass is 309 g/mol. The van der Waals surface area contributed by atoms with Crippen molar-refractivity contribution in [2.24, 2.45) is 5.73 Å². The molecular formula is C12H15N5O3S. The minimum absolute atomic E-state index is 0.00378. The van der Waals surface area contributed by atoms with E-state index in [9.17, 15) is 9.59 Å². The van der Waals surface area contributed by atoms with Crippen LogP contribution in [0.3, 0.4) is 0 Å². The lowest BCUT2D eigenvalue weighted by molar-refractivity contribution is 0.0941. The van der Waals surface area contributed by atoms with Gasteiger partial charge in [0, 0.05) is 5.39 Å². The van der Waals surface area contributed by atoms with Crippen LogP contribution in [0.1, 0.15) is 20.9 Å². The number of nitrogen functional groups attached to an aromatic ring is 1. The highest BCUT2D eigenvalue weighted by Crippen LogP contribution is 2.34. The van der Waals surface area contributed by atoms with Crippen LogP contribution in [0.5, 0.6) is 0 Å². The highest BCUT2D eigenvalue weighted by molar-refractivity contribution is 7.21. The van der Waals surface area contributed by atoms with Crippen molar-refractivity contribution < 1.29 is 14.3 Å². The van der Waals surface area contributed by atoms with Gasteiger partial charge in [0.15, 0.2) is 0 Å². The molecule has 2 aromatic rings. The van der Waals surface area contributed by atoms with Gasteiger partial charge in [-0.1, -0.05) is 0 Å². The van der Waals surface area contributed by atoms with Crippen molar-refractivity contribution in [1.82, 2.24) is 15.5 Å². The van der Waals surface area contributed by atoms with Crippen LogP contribution in [-0.4, -0.2) is 35.3 Å². The molecular weight excluding hydrogens is 294 g/mol. The van der Waals surface area contributed by atoms with E-state index in [1.165, 1.54) is 11.3 Å². The number of primary amides is 1. The highest BCUT2D eigenvalue weighted by Gasteiger charge is 2.19. The van der Waals surface area contributed by atoms with Gasteiger partial charge in [0.2, 0.25) is 0 Å². The van der Waals surface area contributed by atoms with Gasteiger partial charge in [-0.05, 0) is 19.4 Å². The van der Waals surface area contributed by atoms with Crippen LogP contribution in [0.15, 0.2) is 0 Å². The number of amides is 2. The third kappa shape index (κ3) is 3.02. The first-order chi connectivity index (χ1) is 9.91. The molecule has 2 heterocycles. The lowest BCUT2D eigenvalue weighted by Crippen LogP contribution is -2.28. The van der Waals surface area contributed by atoms with E-state index in [2.05, 4.69) is 20.3 Å². The second-order valence-electron chi connectivity index (χ2n) is 4.36. The van der Waals surface area contributed by atoms with Crippen molar-refractivity contribution in [3.63, 3.8) is 0 Å². The Labute approximate surface area is 124 Å². The van der Waals surface area contributed by atoms with Gasteiger partial charge in [-0.25, -0.2) is 4.79 Å². The molecule has 0 unspecified atom stereocenters. The van der Waals surface area contributed by atoms with Gasteiger partial charge in [0.05, 0.1) is 17.9 Å². The molecule has 0 saturated heterocycles. The quantitative estimate of drug-likeness (QED) is 0.712. The van der Waals surface area contributed by atoms with Gasteiger partial charge in [0.25, 0.3) is 5.91 Å². The number of rotatable bonds is 4. The molecule has 2 rings (SSSR count). The molecule has 0 atom stereocenters. The second-order valence-corrected chi connectivity index (χ2v) is 5.36. The molecule has 2 aromatic heterocycles. The summed E-state index contributed by atoms with van der Waals surface area (Å²) in [5, 5.41) is 11.4. The molecule has 0 radical (unpaired) electrons. The number of ether oxygens (including phenoxy) is 1. The van der Waals surface area contributed by atoms with Crippen molar-refractivity contribution in [3.05, 3.63) is 16.1 Å². The molecule has 0 aromatic carbocycles. The van der Waals surface area contributed by atoms with Crippen LogP contribution >= 0.6 is 11.3 Å². The first-order valence-corrected chi connectivity index (χ1v) is 6.95. The van der Waals surface area contributed by atoms with Gasteiger partial charge in [-0.3, -0.25) is 4.79 Å². The van der Waals surface area contributed by atoms with Crippen molar-refractivity contribution in [3.8, 4) is 0 Å². The van der Waals surface area contributed by atoms with Gasteiger partial charge >= 0.3 is 6.09 Å². The molecule has 2 amide bonds. The van der Waals surface area contributed by atoms with Crippen molar-refractivity contribution in [2.75, 3.05) is 18.9 Å². The van der Waals surface area contributed by atoms with E-state index in [-0.39, 0.29) is 19.1 Å². The zero-order chi connectivity index (χ0) is 15.6. The summed E-state index contributed by atoms with van der Waals surface area (Å²) in [4.78, 5) is 23.5. The molecule has 9 heteroatoms. The minimum Gasteiger partial charge on any atom is -0.448 e. The van der Waals surface area contributed by atoms with Gasteiger partial charge in [-0.15, -0.1) is 16.4 Å². The molecule has 0 bridgehead atoms. The topological polar surface area (TPSA) is 133 Å². The predicted molar refractivity (Wildman–Crippen MR) is 79.2 cm³/mol. The van der Waals surface area contributed by atoms with Crippen LogP contribution in [0.2, 0.25) is 0 Å². The molecule has 0 aliphatic rings. The lowest BCUT2D eigenvalue weighted by atomic mass is 10.1. The number of aryl methyl sites for hydroxylation is 2. The Morgan fingerprint density at radius 1 is 1.33 bits per heavy atom. The highest BCUT2D eigenvalue weighted by atomic mass is 32.1. The van der Waals surface area contributed by atoms with E-state index in [4.69, 9.17) is 11.5 Å². The summed E-state index contributed by atoms with van der Waals surface area (Å²) in [7, 11) is 0. The van der Waals surface area contributed by atoms with Crippen molar-refractivity contribution >= 4 is 39.2 Å². The van der Waals surface area contributed by atoms with E-state index >= 15 is 0 Å². The molecule has 5 N–H and O–H groups in total. The minimum atomic E-state index is -0.882. The number of nitrogens with zero attached hydrogens (tertiary/aromatic N) is 2. The fourth-order valence-corrected chi connectivity index (χ4v) is 2.82. The zero-order valence-corrected chi connectivity index (χ0v) is 12.4. The standard InChI is InChI=1S/C12H15N5O3S/c1-5-6(2)16-17-11-7(5)8(13)9(21-11)10(18)15-3-4-20-12(14)19/h3-4,13H2,1-2H3,(H2,14,19)(H,15,18). The van der Waals surface area contributed by atoms with Crippen LogP contribution < -0.4 is 16.8 Å². The Kier molecular flexibility index (Phi) is 4.22. The van der Waals surface area contributed by atoms with Crippen LogP contribution in [0, 0.1) is 13.8 Å². The number of carbonyl (C=O) groups is 2. The molecule has 0 saturated carbocycles. The van der Waals surface area contributed by atoms with Crippen LogP contribution in [0.25, 0.3) is 10.2 Å². The largest absolute Gasteiger partial charge is 0.448 e. The third-order valence-corrected chi connectivity index (χ3v) is 4.06. The Hall–Kier alpha value is -2.42. The van der Waals surface area contributed by atoms with Gasteiger partial charge in [0.1, 0.15) is 16.3 Å². The summed E-state index contributed by atoms with van der Waals surface area (Å²) in [6.45, 7) is 3.88. The Morgan fingerprint density at radius 2 is 2.05 bits per heavy atom. The van der Waals surface area contributed by atoms with Gasteiger partial charge < -0.3 is 21.5 Å². The SMILES string of the molecule is Cc1nnc2sc(C(=O)NCCOC(N)=O)c(N)c2c1C. The fraction of sp³-hybridized carbons (Fsp3) is 0.333. The molecule has 0 spiro atoms. The number of hydrogen-bond donors (Lipinski definition) is 3. The maximum Gasteiger partial charge on any atom is 0.404 e. The first-order valence-electron chi connectivity index (χ1n) is 6.14. The first kappa shape index (κ1) is 15.0. The number of nitrogens with one attached hydrogen (secondary N) is 1. The molecule has 0 fully saturated rings. The van der Waals surface area contributed by atoms with E-state index < -0.39 is 6.09 Å². The number of carbonyl (C=O) groups excluding carboxylic acids is 2. The van der Waals surface area contributed by atoms with E-state index in [0.717, 1.165) is 16.6 Å². The number of hydrogen-bond acceptors (Lipinski definition) is 7. The van der Waals surface area contributed by atoms with E-state index in [1.54, 1.807) is 0 Å². The third-order valence-electron chi connectivity index (χ3n) is 2.97. The number of thiophene rings is 1. The number of anilines is 1. The average Bonchev–Trinajstić information content (AvgIpc) is 2.76. The summed E-state index contributed by atoms with van der Waals surface area (Å²) >= 11 is 1.18. The van der Waals surface area contributed by atoms with Crippen LogP contribution in [0.4, 0.5) is 10.5 Å². The maximum atomic E-state index is 12.1. The van der Waals surface area contributed by atoms with Crippen LogP contribution in [-0.2, 0) is 4.74 Å². The summed E-state index contributed by atoms with van der Waals surface area (Å²) in [6.07, 6.45) is -0.882. The zero-order valence-electron chi connectivity index (χ0n) is 11.6. The Bertz CT molecular complexity index is 712. The molecule has 0 aliphatic heterocycles. The number of fused-ring (bicyclic) bond motifs is 1. The fourth-order valence-electron chi connectivity index (χ4n) is 1.81. The molecule has 21 heavy (non-hydrogen) atoms. The molecule has 8 nitrogen and oxygen atoms in total. The van der Waals surface area contributed by atoms with E-state index in [0.29, 0.717) is 15.4 Å². The van der Waals surface area contributed by atoms with E-state index in [1.807, 2.05) is 13.8 Å². The smallest absolute Gasteiger partial charge is 0.404 e. The number of nitrogens with two attached hydrogens (primary N) is 2. The lowest BCUT2D eigenvalue weighted by Gasteiger charge is -2.04. The van der Waals surface area contributed by atoms with Crippen molar-refractivity contribution in [2.45, 2.75) is 13.8 Å². The predicted octanol–water partition coefficient (Wildman–Crippen LogP) is 0.715. The molecule has 112 valence electrons. The second kappa shape index (κ2) is 5.92. The normalized spacial score (nSPS) is 10.6. The summed E-state index contributed by atoms with van der Waals surface area (Å²) < 4.78 is 4.53. The summed E-state index contributed by atoms with van der Waals surface area (Å²) in [5.41, 5.74) is 12.9. The Balaban J connectivity index is 2.18. The number of aromatic nitrogens is 2. The molecule has 0 aliphatic carbocycles. The Morgan fingerprint density at radius 3 is 2.71 bits per heavy atom. The summed E-state index contributed by atoms with van der Waals surface area (Å²) in [6, 6.07) is 0. The van der Waals surface area contributed by atoms with Crippen molar-refractivity contribution in [1.29, 1.82) is 0 Å². The average molecular weight is 309 g/mol. The van der Waals surface area contributed by atoms with Gasteiger partial charge in [-0.2, -0.15) is 5.10 Å². The summed E-state index contributed by atoms with van der Waals surface area (Å²) in [5.74, 6) is -0.347.